The van der Waals surface area contributed by atoms with Crippen molar-refractivity contribution >= 4 is 38.5 Å². The Balaban J connectivity index is 2.74. The molecule has 1 aromatic rings. The van der Waals surface area contributed by atoms with Crippen LogP contribution in [0.2, 0.25) is 0 Å². The molecule has 0 aliphatic rings. The van der Waals surface area contributed by atoms with Gasteiger partial charge < -0.3 is 0 Å². The Bertz CT molecular complexity index is 240. The Morgan fingerprint density at radius 1 is 1.75 bits per heavy atom. The molecule has 0 bridgehead atoms. The van der Waals surface area contributed by atoms with Gasteiger partial charge in [-0.25, -0.2) is 0 Å². The van der Waals surface area contributed by atoms with Gasteiger partial charge in [0.2, 0.25) is 0 Å². The Labute approximate surface area is 95.0 Å². The zero-order valence-electron chi connectivity index (χ0n) is 7.22. The first-order chi connectivity index (χ1) is 5.65. The first-order valence-corrected chi connectivity index (χ1v) is 5.92. The summed E-state index contributed by atoms with van der Waals surface area (Å²) >= 11 is 5.67. The topological polar surface area (TPSA) is 17.8 Å². The number of nitrogens with zero attached hydrogens (tertiary/aromatic N) is 2. The normalized spacial score (nSPS) is 13.3. The third-order valence-electron chi connectivity index (χ3n) is 1.80. The molecule has 1 unspecified atom stereocenters. The van der Waals surface area contributed by atoms with Gasteiger partial charge in [0.25, 0.3) is 0 Å². The Morgan fingerprint density at radius 2 is 2.42 bits per heavy atom. The minimum Gasteiger partial charge on any atom is -0.268 e. The van der Waals surface area contributed by atoms with Crippen LogP contribution in [0.3, 0.4) is 0 Å². The number of hydrogen-bond acceptors (Lipinski definition) is 1. The van der Waals surface area contributed by atoms with Crippen LogP contribution in [0.4, 0.5) is 0 Å². The van der Waals surface area contributed by atoms with E-state index in [1.54, 1.807) is 0 Å². The van der Waals surface area contributed by atoms with E-state index in [0.29, 0.717) is 6.04 Å². The Kier molecular flexibility index (Phi) is 4.02. The van der Waals surface area contributed by atoms with Crippen molar-refractivity contribution in [1.29, 1.82) is 0 Å². The monoisotopic (exact) mass is 342 g/mol. The molecule has 1 atom stereocenters. The lowest BCUT2D eigenvalue weighted by Gasteiger charge is -2.09. The molecular formula is C8H12BrIN2. The molecule has 4 heteroatoms. The summed E-state index contributed by atoms with van der Waals surface area (Å²) in [5, 5.41) is 4.39. The third kappa shape index (κ3) is 2.45. The van der Waals surface area contributed by atoms with Gasteiger partial charge in [-0.2, -0.15) is 5.10 Å². The molecule has 68 valence electrons. The first kappa shape index (κ1) is 10.5. The molecule has 2 nitrogen and oxygen atoms in total. The molecule has 0 saturated heterocycles. The maximum absolute atomic E-state index is 4.39. The van der Waals surface area contributed by atoms with Gasteiger partial charge in [-0.3, -0.25) is 4.68 Å². The van der Waals surface area contributed by atoms with Crippen molar-refractivity contribution < 1.29 is 0 Å². The van der Waals surface area contributed by atoms with Crippen molar-refractivity contribution in [2.45, 2.75) is 32.7 Å². The molecule has 1 heterocycles. The van der Waals surface area contributed by atoms with Gasteiger partial charge in [-0.05, 0) is 51.9 Å². The van der Waals surface area contributed by atoms with Gasteiger partial charge in [0.15, 0.2) is 0 Å². The highest BCUT2D eigenvalue weighted by atomic mass is 127. The number of halogens is 2. The van der Waals surface area contributed by atoms with E-state index in [4.69, 9.17) is 0 Å². The van der Waals surface area contributed by atoms with Gasteiger partial charge in [-0.15, -0.1) is 0 Å². The van der Waals surface area contributed by atoms with Crippen LogP contribution in [0.15, 0.2) is 10.7 Å². The van der Waals surface area contributed by atoms with Crippen LogP contribution in [0.1, 0.15) is 32.7 Å². The molecule has 0 N–H and O–H groups in total. The van der Waals surface area contributed by atoms with E-state index in [9.17, 15) is 0 Å². The van der Waals surface area contributed by atoms with Crippen molar-refractivity contribution in [2.24, 2.45) is 0 Å². The molecule has 0 aromatic carbocycles. The highest BCUT2D eigenvalue weighted by molar-refractivity contribution is 14.1. The number of aromatic nitrogens is 2. The van der Waals surface area contributed by atoms with Gasteiger partial charge >= 0.3 is 0 Å². The van der Waals surface area contributed by atoms with Crippen LogP contribution in [0.5, 0.6) is 0 Å². The van der Waals surface area contributed by atoms with Gasteiger partial charge in [0, 0.05) is 12.2 Å². The molecule has 12 heavy (non-hydrogen) atoms. The van der Waals surface area contributed by atoms with Crippen LogP contribution < -0.4 is 0 Å². The zero-order valence-corrected chi connectivity index (χ0v) is 11.0. The van der Waals surface area contributed by atoms with E-state index < -0.39 is 0 Å². The fourth-order valence-electron chi connectivity index (χ4n) is 1.12. The van der Waals surface area contributed by atoms with E-state index in [-0.39, 0.29) is 0 Å². The SMILES string of the molecule is CCCC(C)n1cc(Br)c(I)n1. The highest BCUT2D eigenvalue weighted by Gasteiger charge is 2.07. The van der Waals surface area contributed by atoms with E-state index in [1.807, 2.05) is 10.9 Å². The third-order valence-corrected chi connectivity index (χ3v) is 3.92. The van der Waals surface area contributed by atoms with Crippen LogP contribution in [0, 0.1) is 3.70 Å². The minimum absolute atomic E-state index is 0.509. The van der Waals surface area contributed by atoms with Gasteiger partial charge in [0.05, 0.1) is 4.47 Å². The molecule has 0 amide bonds. The fraction of sp³-hybridized carbons (Fsp3) is 0.625. The van der Waals surface area contributed by atoms with Crippen LogP contribution in [-0.4, -0.2) is 9.78 Å². The first-order valence-electron chi connectivity index (χ1n) is 4.05. The highest BCUT2D eigenvalue weighted by Crippen LogP contribution is 2.20. The van der Waals surface area contributed by atoms with Crippen LogP contribution in [0.25, 0.3) is 0 Å². The second-order valence-electron chi connectivity index (χ2n) is 2.89. The van der Waals surface area contributed by atoms with Crippen molar-refractivity contribution in [2.75, 3.05) is 0 Å². The van der Waals surface area contributed by atoms with Crippen molar-refractivity contribution in [3.63, 3.8) is 0 Å². The Hall–Kier alpha value is 0.420. The van der Waals surface area contributed by atoms with Crippen molar-refractivity contribution in [3.05, 3.63) is 14.4 Å². The van der Waals surface area contributed by atoms with E-state index in [1.165, 1.54) is 12.8 Å². The average molecular weight is 343 g/mol. The smallest absolute Gasteiger partial charge is 0.137 e. The summed E-state index contributed by atoms with van der Waals surface area (Å²) in [4.78, 5) is 0. The second-order valence-corrected chi connectivity index (χ2v) is 4.76. The molecule has 0 fully saturated rings. The standard InChI is InChI=1S/C8H12BrIN2/c1-3-4-6(2)12-5-7(9)8(10)11-12/h5-6H,3-4H2,1-2H3. The van der Waals surface area contributed by atoms with Gasteiger partial charge in [-0.1, -0.05) is 13.3 Å². The molecule has 0 aliphatic heterocycles. The zero-order chi connectivity index (χ0) is 9.14. The summed E-state index contributed by atoms with van der Waals surface area (Å²) in [6.07, 6.45) is 4.43. The van der Waals surface area contributed by atoms with Crippen LogP contribution >= 0.6 is 38.5 Å². The summed E-state index contributed by atoms with van der Waals surface area (Å²) in [7, 11) is 0. The summed E-state index contributed by atoms with van der Waals surface area (Å²) in [6.45, 7) is 4.39. The Morgan fingerprint density at radius 3 is 2.83 bits per heavy atom. The average Bonchev–Trinajstić information content (AvgIpc) is 2.33. The van der Waals surface area contributed by atoms with Crippen molar-refractivity contribution in [3.8, 4) is 0 Å². The largest absolute Gasteiger partial charge is 0.268 e. The van der Waals surface area contributed by atoms with E-state index >= 15 is 0 Å². The quantitative estimate of drug-likeness (QED) is 0.767. The summed E-state index contributed by atoms with van der Waals surface area (Å²) < 4.78 is 4.15. The van der Waals surface area contributed by atoms with Crippen LogP contribution in [-0.2, 0) is 0 Å². The van der Waals surface area contributed by atoms with E-state index in [2.05, 4.69) is 57.5 Å². The van der Waals surface area contributed by atoms with Gasteiger partial charge in [0.1, 0.15) is 3.70 Å². The molecule has 0 spiro atoms. The lowest BCUT2D eigenvalue weighted by Crippen LogP contribution is -2.05. The maximum atomic E-state index is 4.39. The summed E-state index contributed by atoms with van der Waals surface area (Å²) in [5.74, 6) is 0. The van der Waals surface area contributed by atoms with E-state index in [0.717, 1.165) is 8.17 Å². The second kappa shape index (κ2) is 4.60. The van der Waals surface area contributed by atoms with Crippen molar-refractivity contribution in [1.82, 2.24) is 9.78 Å². The predicted molar refractivity (Wildman–Crippen MR) is 62.3 cm³/mol. The number of rotatable bonds is 3. The molecular weight excluding hydrogens is 331 g/mol. The molecule has 1 aromatic heterocycles. The minimum atomic E-state index is 0.509. The predicted octanol–water partition coefficient (Wildman–Crippen LogP) is 3.61. The summed E-state index contributed by atoms with van der Waals surface area (Å²) in [6, 6.07) is 0.509. The lowest BCUT2D eigenvalue weighted by molar-refractivity contribution is 0.453. The molecule has 0 saturated carbocycles. The number of hydrogen-bond donors (Lipinski definition) is 0. The molecule has 1 rings (SSSR count). The molecule has 0 aliphatic carbocycles. The maximum Gasteiger partial charge on any atom is 0.137 e. The fourth-order valence-corrected chi connectivity index (χ4v) is 1.80. The molecule has 0 radical (unpaired) electrons. The lowest BCUT2D eigenvalue weighted by atomic mass is 10.2. The summed E-state index contributed by atoms with van der Waals surface area (Å²) in [5.41, 5.74) is 0.